The van der Waals surface area contributed by atoms with Crippen LogP contribution in [0.4, 0.5) is 11.4 Å². The highest BCUT2D eigenvalue weighted by atomic mass is 35.5. The standard InChI is InChI=1S/C24H20Cl2N4O5/c1-34-21-11-8-16(12-19(21)26)28-23(32)24(33)30-27-13-15-6-9-17(10-7-15)35-14-22(31)29-20-5-3-2-4-18(20)25/h2-13H,14H2,1H3,(H,28,32)(H,29,31)(H,30,33)/b27-13-. The molecule has 11 heteroatoms. The van der Waals surface area contributed by atoms with Crippen molar-refractivity contribution in [2.24, 2.45) is 5.10 Å². The first-order valence-electron chi connectivity index (χ1n) is 10.1. The Morgan fingerprint density at radius 2 is 1.66 bits per heavy atom. The minimum absolute atomic E-state index is 0.205. The lowest BCUT2D eigenvalue weighted by Gasteiger charge is -2.08. The first-order chi connectivity index (χ1) is 16.9. The highest BCUT2D eigenvalue weighted by Crippen LogP contribution is 2.27. The fourth-order valence-electron chi connectivity index (χ4n) is 2.70. The van der Waals surface area contributed by atoms with E-state index in [1.54, 1.807) is 60.7 Å². The minimum atomic E-state index is -0.960. The lowest BCUT2D eigenvalue weighted by atomic mass is 10.2. The van der Waals surface area contributed by atoms with E-state index in [0.29, 0.717) is 33.5 Å². The van der Waals surface area contributed by atoms with Gasteiger partial charge in [0, 0.05) is 5.69 Å². The zero-order valence-electron chi connectivity index (χ0n) is 18.4. The normalized spacial score (nSPS) is 10.5. The number of rotatable bonds is 8. The number of amides is 3. The molecule has 9 nitrogen and oxygen atoms in total. The molecular weight excluding hydrogens is 495 g/mol. The predicted octanol–water partition coefficient (Wildman–Crippen LogP) is 4.11. The van der Waals surface area contributed by atoms with Gasteiger partial charge in [0.2, 0.25) is 0 Å². The second kappa shape index (κ2) is 12.4. The molecule has 0 atom stereocenters. The molecule has 0 fully saturated rings. The Bertz CT molecular complexity index is 1250. The van der Waals surface area contributed by atoms with Crippen molar-refractivity contribution in [2.75, 3.05) is 24.4 Å². The number of para-hydroxylation sites is 1. The average Bonchev–Trinajstić information content (AvgIpc) is 2.85. The molecule has 0 unspecified atom stereocenters. The van der Waals surface area contributed by atoms with Gasteiger partial charge in [-0.05, 0) is 60.2 Å². The molecule has 0 aromatic heterocycles. The lowest BCUT2D eigenvalue weighted by Crippen LogP contribution is -2.32. The van der Waals surface area contributed by atoms with Gasteiger partial charge in [-0.1, -0.05) is 35.3 Å². The monoisotopic (exact) mass is 514 g/mol. The molecule has 3 aromatic rings. The number of methoxy groups -OCH3 is 1. The molecule has 0 spiro atoms. The van der Waals surface area contributed by atoms with Gasteiger partial charge in [-0.15, -0.1) is 0 Å². The summed E-state index contributed by atoms with van der Waals surface area (Å²) in [5, 5.41) is 9.55. The first-order valence-corrected chi connectivity index (χ1v) is 10.9. The molecule has 0 aliphatic rings. The topological polar surface area (TPSA) is 118 Å². The molecular formula is C24H20Cl2N4O5. The molecule has 0 bridgehead atoms. The van der Waals surface area contributed by atoms with Crippen LogP contribution in [0.25, 0.3) is 0 Å². The quantitative estimate of drug-likeness (QED) is 0.237. The highest BCUT2D eigenvalue weighted by molar-refractivity contribution is 6.40. The number of nitrogens with one attached hydrogen (secondary N) is 3. The van der Waals surface area contributed by atoms with Crippen LogP contribution in [-0.2, 0) is 14.4 Å². The summed E-state index contributed by atoms with van der Waals surface area (Å²) in [5.41, 5.74) is 3.59. The van der Waals surface area contributed by atoms with Gasteiger partial charge in [0.15, 0.2) is 6.61 Å². The molecule has 0 aliphatic carbocycles. The predicted molar refractivity (Wildman–Crippen MR) is 134 cm³/mol. The van der Waals surface area contributed by atoms with E-state index in [0.717, 1.165) is 0 Å². The highest BCUT2D eigenvalue weighted by Gasteiger charge is 2.14. The van der Waals surface area contributed by atoms with E-state index in [9.17, 15) is 14.4 Å². The summed E-state index contributed by atoms with van der Waals surface area (Å²) in [6, 6.07) is 18.0. The third kappa shape index (κ3) is 7.73. The molecule has 3 aromatic carbocycles. The van der Waals surface area contributed by atoms with E-state index in [1.165, 1.54) is 19.4 Å². The fraction of sp³-hybridized carbons (Fsp3) is 0.0833. The second-order valence-corrected chi connectivity index (χ2v) is 7.70. The van der Waals surface area contributed by atoms with Crippen molar-refractivity contribution < 1.29 is 23.9 Å². The molecule has 3 amide bonds. The summed E-state index contributed by atoms with van der Waals surface area (Å²) in [6.45, 7) is -0.205. The SMILES string of the molecule is COc1ccc(NC(=O)C(=O)N/N=C\c2ccc(OCC(=O)Nc3ccccc3Cl)cc2)cc1Cl. The number of benzene rings is 3. The number of hydrogen-bond acceptors (Lipinski definition) is 6. The summed E-state index contributed by atoms with van der Waals surface area (Å²) < 4.78 is 10.5. The average molecular weight is 515 g/mol. The summed E-state index contributed by atoms with van der Waals surface area (Å²) in [7, 11) is 1.47. The lowest BCUT2D eigenvalue weighted by molar-refractivity contribution is -0.136. The summed E-state index contributed by atoms with van der Waals surface area (Å²) in [4.78, 5) is 36.0. The van der Waals surface area contributed by atoms with Crippen LogP contribution in [0.5, 0.6) is 11.5 Å². The van der Waals surface area contributed by atoms with Crippen molar-refractivity contribution in [2.45, 2.75) is 0 Å². The van der Waals surface area contributed by atoms with Gasteiger partial charge in [-0.2, -0.15) is 5.10 Å². The van der Waals surface area contributed by atoms with Gasteiger partial charge >= 0.3 is 11.8 Å². The van der Waals surface area contributed by atoms with Crippen molar-refractivity contribution in [1.82, 2.24) is 5.43 Å². The molecule has 3 N–H and O–H groups in total. The van der Waals surface area contributed by atoms with E-state index in [2.05, 4.69) is 21.2 Å². The summed E-state index contributed by atoms with van der Waals surface area (Å²) >= 11 is 12.0. The van der Waals surface area contributed by atoms with Gasteiger partial charge in [-0.25, -0.2) is 5.43 Å². The first kappa shape index (κ1) is 25.5. The number of carbonyl (C=O) groups is 3. The van der Waals surface area contributed by atoms with Crippen LogP contribution in [0.1, 0.15) is 5.56 Å². The van der Waals surface area contributed by atoms with E-state index < -0.39 is 11.8 Å². The molecule has 3 rings (SSSR count). The number of anilines is 2. The van der Waals surface area contributed by atoms with Crippen LogP contribution in [0, 0.1) is 0 Å². The van der Waals surface area contributed by atoms with Crippen LogP contribution in [0.2, 0.25) is 10.0 Å². The molecule has 0 radical (unpaired) electrons. The molecule has 35 heavy (non-hydrogen) atoms. The fourth-order valence-corrected chi connectivity index (χ4v) is 3.14. The van der Waals surface area contributed by atoms with Gasteiger partial charge in [0.1, 0.15) is 11.5 Å². The number of carbonyl (C=O) groups excluding carboxylic acids is 3. The second-order valence-electron chi connectivity index (χ2n) is 6.89. The van der Waals surface area contributed by atoms with Crippen LogP contribution in [0.15, 0.2) is 71.8 Å². The Labute approximate surface area is 211 Å². The molecule has 0 heterocycles. The van der Waals surface area contributed by atoms with Crippen LogP contribution in [-0.4, -0.2) is 37.7 Å². The van der Waals surface area contributed by atoms with E-state index in [1.807, 2.05) is 0 Å². The zero-order valence-corrected chi connectivity index (χ0v) is 19.9. The van der Waals surface area contributed by atoms with Crippen molar-refractivity contribution >= 4 is 58.5 Å². The van der Waals surface area contributed by atoms with Crippen LogP contribution < -0.4 is 25.5 Å². The smallest absolute Gasteiger partial charge is 0.329 e. The van der Waals surface area contributed by atoms with Crippen molar-refractivity contribution in [3.63, 3.8) is 0 Å². The van der Waals surface area contributed by atoms with Gasteiger partial charge in [-0.3, -0.25) is 14.4 Å². The van der Waals surface area contributed by atoms with E-state index in [-0.39, 0.29) is 17.5 Å². The Hall–Kier alpha value is -4.08. The van der Waals surface area contributed by atoms with Crippen molar-refractivity contribution in [3.05, 3.63) is 82.3 Å². The van der Waals surface area contributed by atoms with Crippen LogP contribution >= 0.6 is 23.2 Å². The van der Waals surface area contributed by atoms with Gasteiger partial charge in [0.25, 0.3) is 5.91 Å². The number of halogens is 2. The zero-order chi connectivity index (χ0) is 25.2. The largest absolute Gasteiger partial charge is 0.495 e. The van der Waals surface area contributed by atoms with Crippen molar-refractivity contribution in [3.8, 4) is 11.5 Å². The number of nitrogens with zero attached hydrogens (tertiary/aromatic N) is 1. The maximum atomic E-state index is 12.0. The Morgan fingerprint density at radius 3 is 2.34 bits per heavy atom. The maximum Gasteiger partial charge on any atom is 0.329 e. The minimum Gasteiger partial charge on any atom is -0.495 e. The van der Waals surface area contributed by atoms with Gasteiger partial charge in [0.05, 0.1) is 29.1 Å². The molecule has 0 saturated heterocycles. The number of ether oxygens (including phenoxy) is 2. The van der Waals surface area contributed by atoms with Crippen molar-refractivity contribution in [1.29, 1.82) is 0 Å². The third-order valence-electron chi connectivity index (χ3n) is 4.39. The number of hydrogen-bond donors (Lipinski definition) is 3. The van der Waals surface area contributed by atoms with E-state index >= 15 is 0 Å². The van der Waals surface area contributed by atoms with Crippen LogP contribution in [0.3, 0.4) is 0 Å². The van der Waals surface area contributed by atoms with Gasteiger partial charge < -0.3 is 20.1 Å². The molecule has 180 valence electrons. The van der Waals surface area contributed by atoms with E-state index in [4.69, 9.17) is 32.7 Å². The maximum absolute atomic E-state index is 12.0. The Balaban J connectivity index is 1.44. The summed E-state index contributed by atoms with van der Waals surface area (Å²) in [6.07, 6.45) is 1.35. The number of hydrazone groups is 1. The third-order valence-corrected chi connectivity index (χ3v) is 5.02. The molecule has 0 aliphatic heterocycles. The Kier molecular flexibility index (Phi) is 9.05. The summed E-state index contributed by atoms with van der Waals surface area (Å²) in [5.74, 6) is -1.34. The molecule has 0 saturated carbocycles. The Morgan fingerprint density at radius 1 is 0.914 bits per heavy atom.